The van der Waals surface area contributed by atoms with Gasteiger partial charge in [0, 0.05) is 24.5 Å². The Bertz CT molecular complexity index is 669. The molecule has 0 saturated carbocycles. The quantitative estimate of drug-likeness (QED) is 0.913. The first kappa shape index (κ1) is 12.7. The number of amides is 1. The summed E-state index contributed by atoms with van der Waals surface area (Å²) in [5.74, 6) is 0.898. The van der Waals surface area contributed by atoms with Crippen molar-refractivity contribution in [2.75, 3.05) is 19.0 Å². The van der Waals surface area contributed by atoms with Gasteiger partial charge in [-0.3, -0.25) is 4.79 Å². The molecule has 1 aliphatic rings. The highest BCUT2D eigenvalue weighted by molar-refractivity contribution is 6.01. The molecular weight excluding hydrogens is 252 g/mol. The van der Waals surface area contributed by atoms with E-state index >= 15 is 0 Å². The topological polar surface area (TPSA) is 58.1 Å². The van der Waals surface area contributed by atoms with Crippen LogP contribution in [-0.4, -0.2) is 30.0 Å². The molecule has 0 radical (unpaired) electrons. The maximum Gasteiger partial charge on any atom is 0.231 e. The van der Waals surface area contributed by atoms with E-state index in [0.717, 1.165) is 28.3 Å². The van der Waals surface area contributed by atoms with E-state index in [0.29, 0.717) is 13.0 Å². The minimum Gasteiger partial charge on any atom is -0.315 e. The highest BCUT2D eigenvalue weighted by Crippen LogP contribution is 2.31. The fraction of sp³-hybridized carbons (Fsp3) is 0.267. The monoisotopic (exact) mass is 268 g/mol. The van der Waals surface area contributed by atoms with Crippen molar-refractivity contribution >= 4 is 11.6 Å². The Balaban J connectivity index is 1.98. The van der Waals surface area contributed by atoms with Gasteiger partial charge in [0.05, 0.1) is 18.7 Å². The van der Waals surface area contributed by atoms with E-state index in [4.69, 9.17) is 0 Å². The van der Waals surface area contributed by atoms with E-state index in [2.05, 4.69) is 15.3 Å². The lowest BCUT2D eigenvalue weighted by atomic mass is 10.1. The first-order valence-corrected chi connectivity index (χ1v) is 6.55. The van der Waals surface area contributed by atoms with Crippen molar-refractivity contribution in [3.8, 4) is 11.3 Å². The normalized spacial score (nSPS) is 13.7. The first-order valence-electron chi connectivity index (χ1n) is 6.55. The number of carbonyl (C=O) groups is 1. The Labute approximate surface area is 117 Å². The van der Waals surface area contributed by atoms with Crippen LogP contribution in [0.4, 0.5) is 5.69 Å². The van der Waals surface area contributed by atoms with Crippen LogP contribution in [0.2, 0.25) is 0 Å². The second kappa shape index (κ2) is 5.02. The Morgan fingerprint density at radius 2 is 2.20 bits per heavy atom. The molecule has 0 fully saturated rings. The van der Waals surface area contributed by atoms with Crippen LogP contribution >= 0.6 is 0 Å². The van der Waals surface area contributed by atoms with Crippen molar-refractivity contribution in [2.45, 2.75) is 13.0 Å². The van der Waals surface area contributed by atoms with Crippen molar-refractivity contribution in [1.82, 2.24) is 15.3 Å². The number of rotatable bonds is 3. The highest BCUT2D eigenvalue weighted by Gasteiger charge is 2.24. The second-order valence-electron chi connectivity index (χ2n) is 4.86. The number of benzene rings is 1. The van der Waals surface area contributed by atoms with Gasteiger partial charge < -0.3 is 10.2 Å². The Morgan fingerprint density at radius 3 is 3.00 bits per heavy atom. The molecule has 0 spiro atoms. The number of nitrogens with one attached hydrogen (secondary N) is 1. The van der Waals surface area contributed by atoms with Gasteiger partial charge in [0.15, 0.2) is 0 Å². The summed E-state index contributed by atoms with van der Waals surface area (Å²) in [6.07, 6.45) is 2.23. The molecule has 1 amide bonds. The SMILES string of the molecule is CNCc1nccc(-c2ccc3c(c2)CC(=O)N3C)n1. The molecule has 1 aliphatic heterocycles. The summed E-state index contributed by atoms with van der Waals surface area (Å²) < 4.78 is 0. The molecule has 1 N–H and O–H groups in total. The van der Waals surface area contributed by atoms with Crippen molar-refractivity contribution in [2.24, 2.45) is 0 Å². The number of anilines is 1. The van der Waals surface area contributed by atoms with Crippen LogP contribution < -0.4 is 10.2 Å². The molecule has 102 valence electrons. The van der Waals surface area contributed by atoms with Crippen LogP contribution in [0.3, 0.4) is 0 Å². The smallest absolute Gasteiger partial charge is 0.231 e. The van der Waals surface area contributed by atoms with Crippen LogP contribution in [0.25, 0.3) is 11.3 Å². The molecule has 1 aromatic carbocycles. The largest absolute Gasteiger partial charge is 0.315 e. The van der Waals surface area contributed by atoms with E-state index in [-0.39, 0.29) is 5.91 Å². The minimum atomic E-state index is 0.135. The van der Waals surface area contributed by atoms with Crippen molar-refractivity contribution in [1.29, 1.82) is 0 Å². The molecule has 0 atom stereocenters. The molecule has 2 heterocycles. The zero-order valence-corrected chi connectivity index (χ0v) is 11.6. The Hall–Kier alpha value is -2.27. The maximum absolute atomic E-state index is 11.7. The third-order valence-electron chi connectivity index (χ3n) is 3.49. The van der Waals surface area contributed by atoms with Gasteiger partial charge in [-0.1, -0.05) is 6.07 Å². The molecule has 5 nitrogen and oxygen atoms in total. The number of aromatic nitrogens is 2. The first-order chi connectivity index (χ1) is 9.69. The zero-order chi connectivity index (χ0) is 14.1. The molecule has 1 aromatic heterocycles. The van der Waals surface area contributed by atoms with Crippen LogP contribution in [0.1, 0.15) is 11.4 Å². The number of likely N-dealkylation sites (N-methyl/N-ethyl adjacent to an activating group) is 1. The van der Waals surface area contributed by atoms with E-state index in [9.17, 15) is 4.79 Å². The molecule has 20 heavy (non-hydrogen) atoms. The molecule has 3 rings (SSSR count). The minimum absolute atomic E-state index is 0.135. The molecule has 0 unspecified atom stereocenters. The molecule has 0 aliphatic carbocycles. The summed E-state index contributed by atoms with van der Waals surface area (Å²) in [5, 5.41) is 3.04. The van der Waals surface area contributed by atoms with Crippen molar-refractivity contribution in [3.63, 3.8) is 0 Å². The van der Waals surface area contributed by atoms with E-state index in [1.54, 1.807) is 11.1 Å². The number of nitrogens with zero attached hydrogens (tertiary/aromatic N) is 3. The number of carbonyl (C=O) groups excluding carboxylic acids is 1. The molecule has 0 bridgehead atoms. The van der Waals surface area contributed by atoms with E-state index in [1.807, 2.05) is 38.4 Å². The predicted molar refractivity (Wildman–Crippen MR) is 77.3 cm³/mol. The fourth-order valence-corrected chi connectivity index (χ4v) is 2.43. The van der Waals surface area contributed by atoms with Crippen LogP contribution in [-0.2, 0) is 17.8 Å². The molecule has 0 saturated heterocycles. The summed E-state index contributed by atoms with van der Waals surface area (Å²) in [6.45, 7) is 0.639. The summed E-state index contributed by atoms with van der Waals surface area (Å²) in [7, 11) is 3.68. The van der Waals surface area contributed by atoms with Gasteiger partial charge in [-0.05, 0) is 30.8 Å². The summed E-state index contributed by atoms with van der Waals surface area (Å²) in [5.41, 5.74) is 3.95. The molecule has 5 heteroatoms. The third kappa shape index (κ3) is 2.16. The number of hydrogen-bond acceptors (Lipinski definition) is 4. The van der Waals surface area contributed by atoms with Gasteiger partial charge in [0.25, 0.3) is 0 Å². The lowest BCUT2D eigenvalue weighted by Crippen LogP contribution is -2.20. The predicted octanol–water partition coefficient (Wildman–Crippen LogP) is 1.38. The van der Waals surface area contributed by atoms with Gasteiger partial charge in [0.1, 0.15) is 5.82 Å². The lowest BCUT2D eigenvalue weighted by molar-refractivity contribution is -0.117. The lowest BCUT2D eigenvalue weighted by Gasteiger charge is -2.10. The van der Waals surface area contributed by atoms with E-state index in [1.165, 1.54) is 0 Å². The van der Waals surface area contributed by atoms with Gasteiger partial charge in [-0.2, -0.15) is 0 Å². The molecule has 2 aromatic rings. The number of hydrogen-bond donors (Lipinski definition) is 1. The van der Waals surface area contributed by atoms with Crippen molar-refractivity contribution in [3.05, 3.63) is 41.9 Å². The van der Waals surface area contributed by atoms with Gasteiger partial charge >= 0.3 is 0 Å². The van der Waals surface area contributed by atoms with Gasteiger partial charge in [-0.25, -0.2) is 9.97 Å². The van der Waals surface area contributed by atoms with Gasteiger partial charge in [-0.15, -0.1) is 0 Å². The third-order valence-corrected chi connectivity index (χ3v) is 3.49. The average molecular weight is 268 g/mol. The summed E-state index contributed by atoms with van der Waals surface area (Å²) >= 11 is 0. The van der Waals surface area contributed by atoms with Crippen LogP contribution in [0.15, 0.2) is 30.5 Å². The Morgan fingerprint density at radius 1 is 1.35 bits per heavy atom. The van der Waals surface area contributed by atoms with Crippen LogP contribution in [0.5, 0.6) is 0 Å². The summed E-state index contributed by atoms with van der Waals surface area (Å²) in [6, 6.07) is 7.92. The standard InChI is InChI=1S/C15H16N4O/c1-16-9-14-17-6-5-12(18-14)10-3-4-13-11(7-10)8-15(20)19(13)2/h3-7,16H,8-9H2,1-2H3. The fourth-order valence-electron chi connectivity index (χ4n) is 2.43. The molecular formula is C15H16N4O. The number of fused-ring (bicyclic) bond motifs is 1. The average Bonchev–Trinajstić information content (AvgIpc) is 2.74. The Kier molecular flexibility index (Phi) is 3.20. The van der Waals surface area contributed by atoms with E-state index < -0.39 is 0 Å². The summed E-state index contributed by atoms with van der Waals surface area (Å²) in [4.78, 5) is 22.1. The second-order valence-corrected chi connectivity index (χ2v) is 4.86. The zero-order valence-electron chi connectivity index (χ0n) is 11.6. The van der Waals surface area contributed by atoms with Gasteiger partial charge in [0.2, 0.25) is 5.91 Å². The van der Waals surface area contributed by atoms with Crippen LogP contribution in [0, 0.1) is 0 Å². The van der Waals surface area contributed by atoms with Crippen molar-refractivity contribution < 1.29 is 4.79 Å². The maximum atomic E-state index is 11.7. The highest BCUT2D eigenvalue weighted by atomic mass is 16.2.